The lowest BCUT2D eigenvalue weighted by Gasteiger charge is -2.60. The summed E-state index contributed by atoms with van der Waals surface area (Å²) in [6, 6.07) is 8.29. The van der Waals surface area contributed by atoms with Crippen LogP contribution in [-0.4, -0.2) is 73.8 Å². The summed E-state index contributed by atoms with van der Waals surface area (Å²) < 4.78 is 11.1. The molecule has 0 unspecified atom stereocenters. The molecule has 29 heavy (non-hydrogen) atoms. The Bertz CT molecular complexity index is 805. The minimum absolute atomic E-state index is 0. The van der Waals surface area contributed by atoms with Gasteiger partial charge >= 0.3 is 6.03 Å². The molecule has 1 N–H and O–H groups in total. The van der Waals surface area contributed by atoms with Crippen molar-refractivity contribution in [2.75, 3.05) is 39.9 Å². The van der Waals surface area contributed by atoms with Crippen molar-refractivity contribution in [2.24, 2.45) is 11.3 Å². The minimum atomic E-state index is -0.0843. The largest absolute Gasteiger partial charge is 0.496 e. The van der Waals surface area contributed by atoms with E-state index < -0.39 is 0 Å². The molecule has 7 nitrogen and oxygen atoms in total. The monoisotopic (exact) mass is 401 g/mol. The number of hydrogen-bond donors (Lipinski definition) is 1. The van der Waals surface area contributed by atoms with Crippen LogP contribution in [0.1, 0.15) is 26.3 Å². The Morgan fingerprint density at radius 2 is 2.10 bits per heavy atom. The average Bonchev–Trinajstić information content (AvgIpc) is 2.68. The van der Waals surface area contributed by atoms with E-state index in [0.29, 0.717) is 24.4 Å². The third-order valence-electron chi connectivity index (χ3n) is 7.06. The number of methoxy groups -OCH3 is 1. The summed E-state index contributed by atoms with van der Waals surface area (Å²) in [5, 5.41) is 2.97. The number of benzene rings is 1. The van der Waals surface area contributed by atoms with E-state index in [4.69, 9.17) is 9.47 Å². The van der Waals surface area contributed by atoms with Crippen LogP contribution in [0, 0.1) is 11.3 Å². The number of nitrogens with zero attached hydrogens (tertiary/aromatic N) is 2. The molecular formula is C22H31N3O4. The maximum atomic E-state index is 12.9. The highest BCUT2D eigenvalue weighted by Gasteiger charge is 2.54. The van der Waals surface area contributed by atoms with Crippen molar-refractivity contribution in [3.8, 4) is 5.75 Å². The number of carbonyl (C=O) groups excluding carboxylic acids is 2. The number of ether oxygens (including phenoxy) is 2. The van der Waals surface area contributed by atoms with Gasteiger partial charge in [0.25, 0.3) is 0 Å². The lowest BCUT2D eigenvalue weighted by Crippen LogP contribution is -2.68. The number of urea groups is 1. The molecule has 4 aliphatic rings. The molecule has 0 bridgehead atoms. The lowest BCUT2D eigenvalue weighted by molar-refractivity contribution is -0.140. The third kappa shape index (κ3) is 3.45. The van der Waals surface area contributed by atoms with Gasteiger partial charge in [0.1, 0.15) is 12.4 Å². The SMILES string of the molecule is COc1ccccc1CC1CC2(C1)CN(C(=O)N1CC[C@@H]3OCC(=O)N[C@@H]3C1)C2.[HH]. The first kappa shape index (κ1) is 18.7. The second-order valence-electron chi connectivity index (χ2n) is 9.19. The van der Waals surface area contributed by atoms with Gasteiger partial charge in [-0.05, 0) is 43.2 Å². The normalized spacial score (nSPS) is 28.2. The first-order valence-corrected chi connectivity index (χ1v) is 10.6. The smallest absolute Gasteiger partial charge is 0.320 e. The molecule has 3 aliphatic heterocycles. The molecule has 1 aliphatic carbocycles. The Balaban J connectivity index is 0.00000218. The molecule has 1 aromatic rings. The maximum absolute atomic E-state index is 12.9. The van der Waals surface area contributed by atoms with E-state index in [-0.39, 0.29) is 32.1 Å². The number of carbonyl (C=O) groups is 2. The zero-order chi connectivity index (χ0) is 20.0. The lowest BCUT2D eigenvalue weighted by atomic mass is 9.56. The Hall–Kier alpha value is -2.28. The zero-order valence-electron chi connectivity index (χ0n) is 16.9. The predicted octanol–water partition coefficient (Wildman–Crippen LogP) is 1.90. The standard InChI is InChI=1S/C22H29N3O4.H2/c1-28-18-5-3-2-4-16(18)8-15-9-22(10-15)13-25(14-22)21(27)24-7-6-19-17(11-24)23-20(26)12-29-19;/h2-5,15,17,19H,6-14H2,1H3,(H,23,26);1H/t17-,19+;/m1./s1. The van der Waals surface area contributed by atoms with Gasteiger partial charge in [-0.3, -0.25) is 4.79 Å². The van der Waals surface area contributed by atoms with E-state index in [1.165, 1.54) is 18.4 Å². The molecule has 3 amide bonds. The number of amides is 3. The molecule has 7 heteroatoms. The zero-order valence-corrected chi connectivity index (χ0v) is 16.9. The predicted molar refractivity (Wildman–Crippen MR) is 109 cm³/mol. The number of fused-ring (bicyclic) bond motifs is 1. The van der Waals surface area contributed by atoms with Crippen molar-refractivity contribution in [1.29, 1.82) is 0 Å². The highest BCUT2D eigenvalue weighted by Crippen LogP contribution is 2.53. The third-order valence-corrected chi connectivity index (χ3v) is 7.06. The van der Waals surface area contributed by atoms with Crippen LogP contribution < -0.4 is 10.1 Å². The van der Waals surface area contributed by atoms with Gasteiger partial charge in [-0.2, -0.15) is 0 Å². The first-order chi connectivity index (χ1) is 14.0. The van der Waals surface area contributed by atoms with E-state index in [2.05, 4.69) is 17.4 Å². The van der Waals surface area contributed by atoms with Gasteiger partial charge in [-0.25, -0.2) is 4.79 Å². The van der Waals surface area contributed by atoms with Crippen LogP contribution in [0.3, 0.4) is 0 Å². The number of rotatable bonds is 3. The highest BCUT2D eigenvalue weighted by atomic mass is 16.5. The molecule has 2 atom stereocenters. The van der Waals surface area contributed by atoms with E-state index in [1.54, 1.807) is 7.11 Å². The molecule has 3 heterocycles. The molecule has 1 saturated carbocycles. The van der Waals surface area contributed by atoms with Gasteiger partial charge in [-0.1, -0.05) is 18.2 Å². The van der Waals surface area contributed by atoms with Crippen molar-refractivity contribution in [2.45, 2.75) is 37.8 Å². The maximum Gasteiger partial charge on any atom is 0.320 e. The van der Waals surface area contributed by atoms with E-state index in [9.17, 15) is 9.59 Å². The van der Waals surface area contributed by atoms with Gasteiger partial charge < -0.3 is 24.6 Å². The summed E-state index contributed by atoms with van der Waals surface area (Å²) in [6.45, 7) is 3.12. The highest BCUT2D eigenvalue weighted by molar-refractivity contribution is 5.79. The summed E-state index contributed by atoms with van der Waals surface area (Å²) in [6.07, 6.45) is 4.25. The number of piperidine rings is 1. The number of para-hydroxylation sites is 1. The van der Waals surface area contributed by atoms with Crippen molar-refractivity contribution in [3.05, 3.63) is 29.8 Å². The first-order valence-electron chi connectivity index (χ1n) is 10.6. The Morgan fingerprint density at radius 3 is 2.90 bits per heavy atom. The number of morpholine rings is 1. The van der Waals surface area contributed by atoms with Gasteiger partial charge in [0.2, 0.25) is 5.91 Å². The van der Waals surface area contributed by atoms with Gasteiger partial charge in [0, 0.05) is 33.0 Å². The topological polar surface area (TPSA) is 71.1 Å². The Morgan fingerprint density at radius 1 is 1.31 bits per heavy atom. The van der Waals surface area contributed by atoms with E-state index >= 15 is 0 Å². The van der Waals surface area contributed by atoms with Crippen molar-refractivity contribution in [1.82, 2.24) is 15.1 Å². The number of nitrogens with one attached hydrogen (secondary N) is 1. The van der Waals surface area contributed by atoms with E-state index in [1.807, 2.05) is 21.9 Å². The van der Waals surface area contributed by atoms with E-state index in [0.717, 1.165) is 31.7 Å². The second-order valence-corrected chi connectivity index (χ2v) is 9.19. The Labute approximate surface area is 172 Å². The molecule has 5 rings (SSSR count). The number of hydrogen-bond acceptors (Lipinski definition) is 4. The van der Waals surface area contributed by atoms with Crippen LogP contribution in [0.15, 0.2) is 24.3 Å². The number of likely N-dealkylation sites (tertiary alicyclic amines) is 2. The average molecular weight is 402 g/mol. The molecule has 158 valence electrons. The van der Waals surface area contributed by atoms with Crippen molar-refractivity contribution < 1.29 is 20.5 Å². The van der Waals surface area contributed by atoms with Crippen LogP contribution in [0.4, 0.5) is 4.79 Å². The minimum Gasteiger partial charge on any atom is -0.496 e. The molecule has 0 radical (unpaired) electrons. The van der Waals surface area contributed by atoms with Crippen LogP contribution in [0.5, 0.6) is 5.75 Å². The van der Waals surface area contributed by atoms with Crippen LogP contribution >= 0.6 is 0 Å². The molecule has 3 saturated heterocycles. The van der Waals surface area contributed by atoms with Crippen LogP contribution in [0.2, 0.25) is 0 Å². The fourth-order valence-electron chi connectivity index (χ4n) is 5.72. The quantitative estimate of drug-likeness (QED) is 0.840. The molecule has 0 aromatic heterocycles. The summed E-state index contributed by atoms with van der Waals surface area (Å²) in [5.41, 5.74) is 1.60. The van der Waals surface area contributed by atoms with Gasteiger partial charge in [0.15, 0.2) is 0 Å². The summed E-state index contributed by atoms with van der Waals surface area (Å²) >= 11 is 0. The van der Waals surface area contributed by atoms with Crippen LogP contribution in [0.25, 0.3) is 0 Å². The summed E-state index contributed by atoms with van der Waals surface area (Å²) in [5.74, 6) is 1.56. The molecule has 4 fully saturated rings. The fraction of sp³-hybridized carbons (Fsp3) is 0.636. The second kappa shape index (κ2) is 7.20. The van der Waals surface area contributed by atoms with Gasteiger partial charge in [-0.15, -0.1) is 0 Å². The van der Waals surface area contributed by atoms with Gasteiger partial charge in [0.05, 0.1) is 19.3 Å². The molecule has 1 aromatic carbocycles. The molecule has 1 spiro atoms. The van der Waals surface area contributed by atoms with Crippen molar-refractivity contribution >= 4 is 11.9 Å². The summed E-state index contributed by atoms with van der Waals surface area (Å²) in [4.78, 5) is 28.3. The summed E-state index contributed by atoms with van der Waals surface area (Å²) in [7, 11) is 1.73. The Kier molecular flexibility index (Phi) is 4.65. The van der Waals surface area contributed by atoms with Crippen molar-refractivity contribution in [3.63, 3.8) is 0 Å². The van der Waals surface area contributed by atoms with Crippen LogP contribution in [-0.2, 0) is 16.0 Å². The molecular weight excluding hydrogens is 370 g/mol. The fourth-order valence-corrected chi connectivity index (χ4v) is 5.72.